The Labute approximate surface area is 106 Å². The van der Waals surface area contributed by atoms with Crippen molar-refractivity contribution in [1.29, 1.82) is 0 Å². The summed E-state index contributed by atoms with van der Waals surface area (Å²) in [5.41, 5.74) is 0. The Morgan fingerprint density at radius 1 is 1.53 bits per heavy atom. The topological polar surface area (TPSA) is 29.9 Å². The van der Waals surface area contributed by atoms with Gasteiger partial charge in [0.25, 0.3) is 0 Å². The Morgan fingerprint density at radius 2 is 2.53 bits per heavy atom. The summed E-state index contributed by atoms with van der Waals surface area (Å²) in [6, 6.07) is 4.23. The lowest BCUT2D eigenvalue weighted by molar-refractivity contribution is 0.338. The molecule has 1 saturated heterocycles. The van der Waals surface area contributed by atoms with E-state index >= 15 is 0 Å². The van der Waals surface area contributed by atoms with Crippen LogP contribution in [0, 0.1) is 5.92 Å². The minimum atomic E-state index is 0.747. The highest BCUT2D eigenvalue weighted by Crippen LogP contribution is 2.24. The van der Waals surface area contributed by atoms with Gasteiger partial charge in [0.15, 0.2) is 0 Å². The molecule has 17 heavy (non-hydrogen) atoms. The first-order chi connectivity index (χ1) is 8.43. The van der Waals surface area contributed by atoms with Crippen LogP contribution < -0.4 is 5.32 Å². The molecule has 1 aliphatic heterocycles. The fraction of sp³-hybridized carbons (Fsp3) is 0.462. The van der Waals surface area contributed by atoms with E-state index in [0.29, 0.717) is 0 Å². The molecule has 90 valence electrons. The average molecular weight is 247 g/mol. The maximum absolute atomic E-state index is 4.48. The van der Waals surface area contributed by atoms with Crippen molar-refractivity contribution >= 4 is 11.3 Å². The maximum Gasteiger partial charge on any atom is 0.149 e. The number of hydrogen-bond donors (Lipinski definition) is 1. The van der Waals surface area contributed by atoms with Crippen LogP contribution in [-0.4, -0.2) is 22.6 Å². The van der Waals surface area contributed by atoms with Gasteiger partial charge in [0.2, 0.25) is 0 Å². The van der Waals surface area contributed by atoms with E-state index in [1.165, 1.54) is 24.3 Å². The lowest BCUT2D eigenvalue weighted by atomic mass is 10.00. The molecule has 3 heterocycles. The summed E-state index contributed by atoms with van der Waals surface area (Å²) in [6.07, 6.45) is 6.64. The number of rotatable bonds is 3. The number of imidazole rings is 1. The zero-order valence-corrected chi connectivity index (χ0v) is 10.6. The van der Waals surface area contributed by atoms with Crippen LogP contribution in [0.1, 0.15) is 12.8 Å². The summed E-state index contributed by atoms with van der Waals surface area (Å²) in [5.74, 6) is 1.86. The lowest BCUT2D eigenvalue weighted by Crippen LogP contribution is -2.32. The van der Waals surface area contributed by atoms with E-state index in [9.17, 15) is 0 Å². The maximum atomic E-state index is 4.48. The van der Waals surface area contributed by atoms with Crippen LogP contribution in [0.4, 0.5) is 0 Å². The van der Waals surface area contributed by atoms with Gasteiger partial charge in [-0.3, -0.25) is 0 Å². The number of piperidine rings is 1. The van der Waals surface area contributed by atoms with Crippen LogP contribution in [0.3, 0.4) is 0 Å². The third kappa shape index (κ3) is 2.42. The van der Waals surface area contributed by atoms with Crippen LogP contribution in [0.5, 0.6) is 0 Å². The van der Waals surface area contributed by atoms with Gasteiger partial charge in [-0.2, -0.15) is 0 Å². The molecular weight excluding hydrogens is 230 g/mol. The van der Waals surface area contributed by atoms with Gasteiger partial charge in [-0.05, 0) is 43.3 Å². The fourth-order valence-corrected chi connectivity index (χ4v) is 3.18. The Bertz CT molecular complexity index is 455. The normalized spacial score (nSPS) is 20.6. The molecule has 3 rings (SSSR count). The molecule has 4 heteroatoms. The van der Waals surface area contributed by atoms with Crippen molar-refractivity contribution < 1.29 is 0 Å². The van der Waals surface area contributed by atoms with Gasteiger partial charge in [0.1, 0.15) is 5.82 Å². The molecule has 0 bridgehead atoms. The SMILES string of the molecule is c1csc(-c2nccn2CC2CCCNC2)c1. The Balaban J connectivity index is 1.77. The lowest BCUT2D eigenvalue weighted by Gasteiger charge is -2.23. The minimum Gasteiger partial charge on any atom is -0.330 e. The highest BCUT2D eigenvalue weighted by Gasteiger charge is 2.15. The van der Waals surface area contributed by atoms with E-state index in [-0.39, 0.29) is 0 Å². The predicted molar refractivity (Wildman–Crippen MR) is 71.1 cm³/mol. The van der Waals surface area contributed by atoms with Crippen molar-refractivity contribution in [3.05, 3.63) is 29.9 Å². The summed E-state index contributed by atoms with van der Waals surface area (Å²) < 4.78 is 2.30. The molecule has 1 aliphatic rings. The predicted octanol–water partition coefficient (Wildman–Crippen LogP) is 2.61. The standard InChI is InChI=1S/C13H17N3S/c1-3-11(9-14-5-1)10-16-7-6-15-13(16)12-4-2-8-17-12/h2,4,6-8,11,14H,1,3,5,9-10H2. The van der Waals surface area contributed by atoms with E-state index in [4.69, 9.17) is 0 Å². The van der Waals surface area contributed by atoms with Gasteiger partial charge in [0.05, 0.1) is 4.88 Å². The monoisotopic (exact) mass is 247 g/mol. The Kier molecular flexibility index (Phi) is 3.25. The van der Waals surface area contributed by atoms with Crippen LogP contribution in [0.2, 0.25) is 0 Å². The van der Waals surface area contributed by atoms with Gasteiger partial charge >= 0.3 is 0 Å². The highest BCUT2D eigenvalue weighted by atomic mass is 32.1. The third-order valence-corrected chi connectivity index (χ3v) is 4.18. The molecule has 0 radical (unpaired) electrons. The number of thiophene rings is 1. The number of nitrogens with one attached hydrogen (secondary N) is 1. The Morgan fingerprint density at radius 3 is 3.29 bits per heavy atom. The van der Waals surface area contributed by atoms with E-state index in [0.717, 1.165) is 24.8 Å². The highest BCUT2D eigenvalue weighted by molar-refractivity contribution is 7.13. The quantitative estimate of drug-likeness (QED) is 0.903. The molecule has 0 amide bonds. The average Bonchev–Trinajstić information content (AvgIpc) is 3.00. The Hall–Kier alpha value is -1.13. The molecule has 0 aliphatic carbocycles. The molecule has 0 spiro atoms. The molecule has 1 N–H and O–H groups in total. The molecule has 2 aromatic heterocycles. The second-order valence-corrected chi connectivity index (χ2v) is 5.54. The molecule has 1 atom stereocenters. The van der Waals surface area contributed by atoms with Crippen molar-refractivity contribution in [3.63, 3.8) is 0 Å². The van der Waals surface area contributed by atoms with E-state index < -0.39 is 0 Å². The van der Waals surface area contributed by atoms with Gasteiger partial charge in [-0.1, -0.05) is 6.07 Å². The largest absolute Gasteiger partial charge is 0.330 e. The van der Waals surface area contributed by atoms with Crippen LogP contribution in [0.15, 0.2) is 29.9 Å². The summed E-state index contributed by atoms with van der Waals surface area (Å²) >= 11 is 1.76. The smallest absolute Gasteiger partial charge is 0.149 e. The molecule has 1 unspecified atom stereocenters. The zero-order chi connectivity index (χ0) is 11.5. The molecule has 0 saturated carbocycles. The van der Waals surface area contributed by atoms with E-state index in [1.54, 1.807) is 11.3 Å². The fourth-order valence-electron chi connectivity index (χ4n) is 2.45. The van der Waals surface area contributed by atoms with Crippen molar-refractivity contribution in [2.24, 2.45) is 5.92 Å². The first kappa shape index (κ1) is 11.0. The van der Waals surface area contributed by atoms with Crippen LogP contribution >= 0.6 is 11.3 Å². The van der Waals surface area contributed by atoms with Crippen molar-refractivity contribution in [2.45, 2.75) is 19.4 Å². The van der Waals surface area contributed by atoms with E-state index in [2.05, 4.69) is 38.6 Å². The van der Waals surface area contributed by atoms with Gasteiger partial charge in [-0.25, -0.2) is 4.98 Å². The first-order valence-electron chi connectivity index (χ1n) is 6.19. The summed E-state index contributed by atoms with van der Waals surface area (Å²) in [4.78, 5) is 5.74. The third-order valence-electron chi connectivity index (χ3n) is 3.31. The number of nitrogens with zero attached hydrogens (tertiary/aromatic N) is 2. The van der Waals surface area contributed by atoms with Crippen molar-refractivity contribution in [3.8, 4) is 10.7 Å². The van der Waals surface area contributed by atoms with Crippen molar-refractivity contribution in [2.75, 3.05) is 13.1 Å². The molecule has 2 aromatic rings. The van der Waals surface area contributed by atoms with Crippen molar-refractivity contribution in [1.82, 2.24) is 14.9 Å². The zero-order valence-electron chi connectivity index (χ0n) is 9.80. The molecule has 0 aromatic carbocycles. The first-order valence-corrected chi connectivity index (χ1v) is 7.07. The number of hydrogen-bond acceptors (Lipinski definition) is 3. The second kappa shape index (κ2) is 5.02. The number of aromatic nitrogens is 2. The molecule has 3 nitrogen and oxygen atoms in total. The minimum absolute atomic E-state index is 0.747. The summed E-state index contributed by atoms with van der Waals surface area (Å²) in [7, 11) is 0. The van der Waals surface area contributed by atoms with Gasteiger partial charge in [0, 0.05) is 18.9 Å². The molecular formula is C13H17N3S. The van der Waals surface area contributed by atoms with Gasteiger partial charge < -0.3 is 9.88 Å². The van der Waals surface area contributed by atoms with Crippen LogP contribution in [-0.2, 0) is 6.54 Å². The van der Waals surface area contributed by atoms with Crippen LogP contribution in [0.25, 0.3) is 10.7 Å². The molecule has 1 fully saturated rings. The second-order valence-electron chi connectivity index (χ2n) is 4.59. The van der Waals surface area contributed by atoms with E-state index in [1.807, 2.05) is 6.20 Å². The summed E-state index contributed by atoms with van der Waals surface area (Å²) in [6.45, 7) is 3.40. The summed E-state index contributed by atoms with van der Waals surface area (Å²) in [5, 5.41) is 5.58. The van der Waals surface area contributed by atoms with Gasteiger partial charge in [-0.15, -0.1) is 11.3 Å².